The summed E-state index contributed by atoms with van der Waals surface area (Å²) >= 11 is 0. The van der Waals surface area contributed by atoms with Crippen molar-refractivity contribution in [2.24, 2.45) is 5.92 Å². The molecular formula is C11H25NO2. The number of nitrogens with one attached hydrogen (secondary N) is 1. The molecule has 3 nitrogen and oxygen atoms in total. The van der Waals surface area contributed by atoms with Crippen LogP contribution in [0.5, 0.6) is 0 Å². The van der Waals surface area contributed by atoms with Crippen LogP contribution in [0.15, 0.2) is 0 Å². The third-order valence-electron chi connectivity index (χ3n) is 2.29. The van der Waals surface area contributed by atoms with Gasteiger partial charge in [-0.05, 0) is 19.4 Å². The Labute approximate surface area is 88.2 Å². The molecule has 0 aliphatic heterocycles. The molecule has 0 saturated carbocycles. The predicted octanol–water partition coefficient (Wildman–Crippen LogP) is 1.67. The summed E-state index contributed by atoms with van der Waals surface area (Å²) in [7, 11) is 1.76. The molecule has 0 saturated heterocycles. The highest BCUT2D eigenvalue weighted by Crippen LogP contribution is 2.10. The monoisotopic (exact) mass is 203 g/mol. The number of rotatable bonds is 8. The summed E-state index contributed by atoms with van der Waals surface area (Å²) in [6, 6.07) is 0.296. The van der Waals surface area contributed by atoms with Crippen LogP contribution < -0.4 is 5.32 Å². The van der Waals surface area contributed by atoms with Crippen LogP contribution in [0, 0.1) is 5.92 Å². The zero-order valence-corrected chi connectivity index (χ0v) is 10.2. The van der Waals surface area contributed by atoms with E-state index in [0.29, 0.717) is 12.0 Å². The van der Waals surface area contributed by atoms with E-state index in [1.165, 1.54) is 0 Å². The second kappa shape index (κ2) is 8.21. The lowest BCUT2D eigenvalue weighted by molar-refractivity contribution is -0.000183. The van der Waals surface area contributed by atoms with Crippen molar-refractivity contribution in [1.29, 1.82) is 0 Å². The van der Waals surface area contributed by atoms with Gasteiger partial charge in [-0.15, -0.1) is 0 Å². The summed E-state index contributed by atoms with van der Waals surface area (Å²) in [5.41, 5.74) is 0. The van der Waals surface area contributed by atoms with Gasteiger partial charge in [0.05, 0.1) is 18.8 Å². The molecule has 0 aliphatic carbocycles. The fourth-order valence-corrected chi connectivity index (χ4v) is 1.68. The largest absolute Gasteiger partial charge is 0.380 e. The number of methoxy groups -OCH3 is 1. The third-order valence-corrected chi connectivity index (χ3v) is 2.29. The van der Waals surface area contributed by atoms with E-state index >= 15 is 0 Å². The van der Waals surface area contributed by atoms with E-state index in [-0.39, 0.29) is 6.10 Å². The summed E-state index contributed by atoms with van der Waals surface area (Å²) in [5, 5.41) is 3.40. The Balaban J connectivity index is 4.12. The van der Waals surface area contributed by atoms with Crippen LogP contribution in [0.3, 0.4) is 0 Å². The molecule has 0 fully saturated rings. The van der Waals surface area contributed by atoms with Crippen molar-refractivity contribution in [3.8, 4) is 0 Å². The van der Waals surface area contributed by atoms with Crippen molar-refractivity contribution in [1.82, 2.24) is 5.32 Å². The Morgan fingerprint density at radius 1 is 1.21 bits per heavy atom. The van der Waals surface area contributed by atoms with Crippen molar-refractivity contribution < 1.29 is 9.47 Å². The molecule has 0 bridgehead atoms. The quantitative estimate of drug-likeness (QED) is 0.651. The maximum atomic E-state index is 5.48. The molecule has 0 radical (unpaired) electrons. The summed E-state index contributed by atoms with van der Waals surface area (Å²) in [4.78, 5) is 0. The fourth-order valence-electron chi connectivity index (χ4n) is 1.68. The average molecular weight is 203 g/mol. The van der Waals surface area contributed by atoms with Crippen molar-refractivity contribution in [3.63, 3.8) is 0 Å². The highest BCUT2D eigenvalue weighted by atomic mass is 16.5. The molecule has 1 N–H and O–H groups in total. The van der Waals surface area contributed by atoms with Crippen LogP contribution in [-0.2, 0) is 9.47 Å². The third kappa shape index (κ3) is 4.94. The van der Waals surface area contributed by atoms with Crippen molar-refractivity contribution in [3.05, 3.63) is 0 Å². The molecule has 0 spiro atoms. The van der Waals surface area contributed by atoms with Gasteiger partial charge < -0.3 is 14.8 Å². The van der Waals surface area contributed by atoms with Gasteiger partial charge in [-0.1, -0.05) is 20.8 Å². The first-order valence-electron chi connectivity index (χ1n) is 5.51. The van der Waals surface area contributed by atoms with Gasteiger partial charge in [0.25, 0.3) is 0 Å². The van der Waals surface area contributed by atoms with Gasteiger partial charge in [-0.3, -0.25) is 0 Å². The molecule has 14 heavy (non-hydrogen) atoms. The Bertz CT molecular complexity index is 128. The minimum absolute atomic E-state index is 0.224. The first-order valence-corrected chi connectivity index (χ1v) is 5.51. The second-order valence-corrected chi connectivity index (χ2v) is 3.77. The lowest BCUT2D eigenvalue weighted by Crippen LogP contribution is -2.46. The Morgan fingerprint density at radius 2 is 1.86 bits per heavy atom. The zero-order valence-electron chi connectivity index (χ0n) is 10.2. The van der Waals surface area contributed by atoms with E-state index in [9.17, 15) is 0 Å². The first-order chi connectivity index (χ1) is 6.67. The minimum atomic E-state index is 0.224. The Kier molecular flexibility index (Phi) is 8.14. The molecule has 0 aromatic heterocycles. The summed E-state index contributed by atoms with van der Waals surface area (Å²) in [6.07, 6.45) is 0.224. The lowest BCUT2D eigenvalue weighted by Gasteiger charge is -2.29. The van der Waals surface area contributed by atoms with E-state index in [1.54, 1.807) is 7.11 Å². The molecule has 3 heteroatoms. The van der Waals surface area contributed by atoms with Crippen molar-refractivity contribution in [2.45, 2.75) is 39.8 Å². The number of ether oxygens (including phenoxy) is 2. The molecule has 0 aromatic rings. The van der Waals surface area contributed by atoms with Crippen LogP contribution in [0.4, 0.5) is 0 Å². The van der Waals surface area contributed by atoms with Crippen LogP contribution in [-0.4, -0.2) is 39.0 Å². The van der Waals surface area contributed by atoms with E-state index in [0.717, 1.165) is 19.8 Å². The molecule has 0 heterocycles. The topological polar surface area (TPSA) is 30.5 Å². The molecule has 2 atom stereocenters. The summed E-state index contributed by atoms with van der Waals surface area (Å²) in [6.45, 7) is 10.9. The number of hydrogen-bond acceptors (Lipinski definition) is 3. The van der Waals surface area contributed by atoms with Crippen molar-refractivity contribution in [2.75, 3.05) is 26.9 Å². The number of hydrogen-bond donors (Lipinski definition) is 1. The van der Waals surface area contributed by atoms with E-state index in [2.05, 4.69) is 26.1 Å². The van der Waals surface area contributed by atoms with E-state index in [4.69, 9.17) is 9.47 Å². The minimum Gasteiger partial charge on any atom is -0.380 e. The van der Waals surface area contributed by atoms with Crippen LogP contribution in [0.2, 0.25) is 0 Å². The maximum Gasteiger partial charge on any atom is 0.0769 e. The van der Waals surface area contributed by atoms with Gasteiger partial charge in [-0.25, -0.2) is 0 Å². The first kappa shape index (κ1) is 13.9. The molecule has 0 amide bonds. The smallest absolute Gasteiger partial charge is 0.0769 e. The van der Waals surface area contributed by atoms with Crippen LogP contribution >= 0.6 is 0 Å². The van der Waals surface area contributed by atoms with Crippen molar-refractivity contribution >= 4 is 0 Å². The maximum absolute atomic E-state index is 5.48. The SMILES string of the molecule is CCNC(COCC)C(OC)C(C)C. The van der Waals surface area contributed by atoms with Crippen LogP contribution in [0.1, 0.15) is 27.7 Å². The van der Waals surface area contributed by atoms with Crippen LogP contribution in [0.25, 0.3) is 0 Å². The number of likely N-dealkylation sites (N-methyl/N-ethyl adjacent to an activating group) is 1. The molecule has 2 unspecified atom stereocenters. The van der Waals surface area contributed by atoms with Gasteiger partial charge in [0.15, 0.2) is 0 Å². The molecule has 0 rings (SSSR count). The van der Waals surface area contributed by atoms with Gasteiger partial charge in [0.2, 0.25) is 0 Å². The van der Waals surface area contributed by atoms with Gasteiger partial charge >= 0.3 is 0 Å². The highest BCUT2D eigenvalue weighted by molar-refractivity contribution is 4.78. The van der Waals surface area contributed by atoms with Gasteiger partial charge in [0.1, 0.15) is 0 Å². The average Bonchev–Trinajstić information content (AvgIpc) is 2.14. The van der Waals surface area contributed by atoms with Gasteiger partial charge in [-0.2, -0.15) is 0 Å². The normalized spacial score (nSPS) is 15.9. The van der Waals surface area contributed by atoms with E-state index in [1.807, 2.05) is 6.92 Å². The van der Waals surface area contributed by atoms with E-state index < -0.39 is 0 Å². The summed E-state index contributed by atoms with van der Waals surface area (Å²) < 4.78 is 10.9. The molecule has 0 aliphatic rings. The molecular weight excluding hydrogens is 178 g/mol. The Morgan fingerprint density at radius 3 is 2.21 bits per heavy atom. The Hall–Kier alpha value is -0.120. The second-order valence-electron chi connectivity index (χ2n) is 3.77. The standard InChI is InChI=1S/C11H25NO2/c1-6-12-10(8-14-7-2)11(13-5)9(3)4/h9-12H,6-8H2,1-5H3. The lowest BCUT2D eigenvalue weighted by atomic mass is 10.00. The zero-order chi connectivity index (χ0) is 11.0. The summed E-state index contributed by atoms with van der Waals surface area (Å²) in [5.74, 6) is 0.504. The molecule has 86 valence electrons. The molecule has 0 aromatic carbocycles. The highest BCUT2D eigenvalue weighted by Gasteiger charge is 2.23. The predicted molar refractivity (Wildman–Crippen MR) is 59.6 cm³/mol. The fraction of sp³-hybridized carbons (Fsp3) is 1.00. The van der Waals surface area contributed by atoms with Gasteiger partial charge in [0, 0.05) is 13.7 Å².